The molecule has 0 aliphatic rings. The van der Waals surface area contributed by atoms with Gasteiger partial charge in [-0.1, -0.05) is 41.6 Å². The third kappa shape index (κ3) is 5.66. The minimum absolute atomic E-state index is 0.144. The molecule has 2 aromatic carbocycles. The number of hydrogen-bond acceptors (Lipinski definition) is 7. The molecule has 0 aliphatic heterocycles. The van der Waals surface area contributed by atoms with E-state index in [1.165, 1.54) is 26.0 Å². The Kier molecular flexibility index (Phi) is 8.24. The van der Waals surface area contributed by atoms with Crippen molar-refractivity contribution in [2.45, 2.75) is 32.2 Å². The van der Waals surface area contributed by atoms with E-state index in [1.807, 2.05) is 42.7 Å². The molecule has 32 heavy (non-hydrogen) atoms. The first-order valence-electron chi connectivity index (χ1n) is 9.91. The molecular formula is C22H25ClN4O4S. The molecule has 0 bridgehead atoms. The van der Waals surface area contributed by atoms with Crippen LogP contribution in [0.4, 0.5) is 5.69 Å². The summed E-state index contributed by atoms with van der Waals surface area (Å²) in [6, 6.07) is 11.0. The number of aryl methyl sites for hydroxylation is 1. The number of halogens is 1. The molecular weight excluding hydrogens is 452 g/mol. The van der Waals surface area contributed by atoms with E-state index in [-0.39, 0.29) is 11.7 Å². The summed E-state index contributed by atoms with van der Waals surface area (Å²) in [4.78, 5) is 12.5. The van der Waals surface area contributed by atoms with Crippen LogP contribution in [-0.4, -0.2) is 40.6 Å². The van der Waals surface area contributed by atoms with Gasteiger partial charge in [0.05, 0.1) is 30.7 Å². The summed E-state index contributed by atoms with van der Waals surface area (Å²) in [6.07, 6.45) is 0. The second-order valence-corrected chi connectivity index (χ2v) is 8.07. The molecule has 0 unspecified atom stereocenters. The van der Waals surface area contributed by atoms with Crippen molar-refractivity contribution < 1.29 is 19.0 Å². The fourth-order valence-electron chi connectivity index (χ4n) is 2.99. The summed E-state index contributed by atoms with van der Waals surface area (Å²) >= 11 is 7.41. The number of thioether (sulfide) groups is 1. The largest absolute Gasteiger partial charge is 0.495 e. The lowest BCUT2D eigenvalue weighted by atomic mass is 10.2. The van der Waals surface area contributed by atoms with Crippen molar-refractivity contribution in [3.63, 3.8) is 0 Å². The fraction of sp³-hybridized carbons (Fsp3) is 0.318. The number of para-hydroxylation sites is 1. The predicted molar refractivity (Wildman–Crippen MR) is 125 cm³/mol. The van der Waals surface area contributed by atoms with Gasteiger partial charge >= 0.3 is 0 Å². The van der Waals surface area contributed by atoms with Crippen LogP contribution in [-0.2, 0) is 17.9 Å². The third-order valence-corrected chi connectivity index (χ3v) is 5.90. The van der Waals surface area contributed by atoms with Crippen molar-refractivity contribution in [1.82, 2.24) is 14.8 Å². The number of rotatable bonds is 10. The van der Waals surface area contributed by atoms with Crippen LogP contribution in [0.25, 0.3) is 0 Å². The monoisotopic (exact) mass is 476 g/mol. The number of nitrogens with zero attached hydrogens (tertiary/aromatic N) is 3. The molecule has 3 rings (SSSR count). The summed E-state index contributed by atoms with van der Waals surface area (Å²) in [6.45, 7) is 4.94. The Morgan fingerprint density at radius 1 is 1.12 bits per heavy atom. The van der Waals surface area contributed by atoms with Crippen LogP contribution >= 0.6 is 23.4 Å². The van der Waals surface area contributed by atoms with E-state index >= 15 is 0 Å². The molecule has 0 fully saturated rings. The van der Waals surface area contributed by atoms with Gasteiger partial charge in [-0.25, -0.2) is 0 Å². The minimum Gasteiger partial charge on any atom is -0.495 e. The van der Waals surface area contributed by atoms with E-state index in [4.69, 9.17) is 25.8 Å². The first-order chi connectivity index (χ1) is 15.5. The number of aromatic nitrogens is 3. The number of methoxy groups -OCH3 is 2. The van der Waals surface area contributed by atoms with Crippen molar-refractivity contribution in [1.29, 1.82) is 0 Å². The number of carbonyl (C=O) groups is 1. The number of benzene rings is 2. The van der Waals surface area contributed by atoms with Crippen LogP contribution in [0.2, 0.25) is 5.02 Å². The Morgan fingerprint density at radius 2 is 1.88 bits per heavy atom. The van der Waals surface area contributed by atoms with Gasteiger partial charge in [0.25, 0.3) is 0 Å². The standard InChI is InChI=1S/C22H25ClN4O4S/c1-5-27-20(12-31-17-9-7-6-8-14(17)2)25-26-22(27)32-13-21(28)24-16-11-18(29-3)15(23)10-19(16)30-4/h6-11H,5,12-13H2,1-4H3,(H,24,28). The summed E-state index contributed by atoms with van der Waals surface area (Å²) in [5.74, 6) is 2.31. The van der Waals surface area contributed by atoms with E-state index in [1.54, 1.807) is 12.1 Å². The van der Waals surface area contributed by atoms with Crippen LogP contribution in [0.15, 0.2) is 41.6 Å². The number of nitrogens with one attached hydrogen (secondary N) is 1. The van der Waals surface area contributed by atoms with E-state index in [2.05, 4.69) is 15.5 Å². The predicted octanol–water partition coefficient (Wildman–Crippen LogP) is 4.59. The number of carbonyl (C=O) groups excluding carboxylic acids is 1. The maximum atomic E-state index is 12.5. The zero-order valence-electron chi connectivity index (χ0n) is 18.3. The van der Waals surface area contributed by atoms with Crippen molar-refractivity contribution in [2.24, 2.45) is 0 Å². The topological polar surface area (TPSA) is 87.5 Å². The van der Waals surface area contributed by atoms with Gasteiger partial charge in [-0.3, -0.25) is 4.79 Å². The van der Waals surface area contributed by atoms with Gasteiger partial charge in [-0.2, -0.15) is 0 Å². The van der Waals surface area contributed by atoms with Crippen molar-refractivity contribution in [3.8, 4) is 17.2 Å². The SMILES string of the molecule is CCn1c(COc2ccccc2C)nnc1SCC(=O)Nc1cc(OC)c(Cl)cc1OC. The van der Waals surface area contributed by atoms with Gasteiger partial charge in [0.2, 0.25) is 5.91 Å². The first kappa shape index (κ1) is 23.7. The highest BCUT2D eigenvalue weighted by Gasteiger charge is 2.16. The summed E-state index contributed by atoms with van der Waals surface area (Å²) in [5, 5.41) is 12.3. The van der Waals surface area contributed by atoms with E-state index < -0.39 is 0 Å². The molecule has 0 aliphatic carbocycles. The van der Waals surface area contributed by atoms with Gasteiger partial charge in [0.1, 0.15) is 23.9 Å². The van der Waals surface area contributed by atoms with Gasteiger partial charge in [0.15, 0.2) is 11.0 Å². The highest BCUT2D eigenvalue weighted by molar-refractivity contribution is 7.99. The maximum Gasteiger partial charge on any atom is 0.234 e. The van der Waals surface area contributed by atoms with Crippen molar-refractivity contribution in [2.75, 3.05) is 25.3 Å². The molecule has 10 heteroatoms. The van der Waals surface area contributed by atoms with Gasteiger partial charge < -0.3 is 24.1 Å². The highest BCUT2D eigenvalue weighted by Crippen LogP contribution is 2.36. The lowest BCUT2D eigenvalue weighted by Gasteiger charge is -2.13. The Morgan fingerprint density at radius 3 is 2.56 bits per heavy atom. The van der Waals surface area contributed by atoms with Gasteiger partial charge in [0, 0.05) is 18.7 Å². The summed E-state index contributed by atoms with van der Waals surface area (Å²) in [5.41, 5.74) is 1.53. The maximum absolute atomic E-state index is 12.5. The van der Waals surface area contributed by atoms with Gasteiger partial charge in [-0.05, 0) is 25.5 Å². The molecule has 3 aromatic rings. The average Bonchev–Trinajstić information content (AvgIpc) is 3.19. The fourth-order valence-corrected chi connectivity index (χ4v) is 4.04. The van der Waals surface area contributed by atoms with Crippen molar-refractivity contribution in [3.05, 3.63) is 52.8 Å². The third-order valence-electron chi connectivity index (χ3n) is 4.64. The smallest absolute Gasteiger partial charge is 0.234 e. The Labute approximate surface area is 196 Å². The second kappa shape index (κ2) is 11.1. The molecule has 0 radical (unpaired) electrons. The Balaban J connectivity index is 1.63. The molecule has 0 saturated carbocycles. The zero-order valence-corrected chi connectivity index (χ0v) is 19.9. The summed E-state index contributed by atoms with van der Waals surface area (Å²) < 4.78 is 18.3. The van der Waals surface area contributed by atoms with E-state index in [0.717, 1.165) is 11.3 Å². The second-order valence-electron chi connectivity index (χ2n) is 6.72. The number of hydrogen-bond donors (Lipinski definition) is 1. The lowest BCUT2D eigenvalue weighted by molar-refractivity contribution is -0.113. The van der Waals surface area contributed by atoms with E-state index in [9.17, 15) is 4.79 Å². The van der Waals surface area contributed by atoms with Gasteiger partial charge in [-0.15, -0.1) is 10.2 Å². The quantitative estimate of drug-likeness (QED) is 0.428. The molecule has 170 valence electrons. The lowest BCUT2D eigenvalue weighted by Crippen LogP contribution is -2.15. The highest BCUT2D eigenvalue weighted by atomic mass is 35.5. The van der Waals surface area contributed by atoms with Crippen molar-refractivity contribution >= 4 is 35.0 Å². The van der Waals surface area contributed by atoms with E-state index in [0.29, 0.717) is 46.3 Å². The average molecular weight is 477 g/mol. The Bertz CT molecular complexity index is 1090. The molecule has 1 heterocycles. The first-order valence-corrected chi connectivity index (χ1v) is 11.3. The molecule has 1 N–H and O–H groups in total. The molecule has 0 atom stereocenters. The van der Waals surface area contributed by atoms with Crippen LogP contribution in [0.3, 0.4) is 0 Å². The molecule has 0 saturated heterocycles. The minimum atomic E-state index is -0.221. The Hall–Kier alpha value is -2.91. The molecule has 0 spiro atoms. The zero-order chi connectivity index (χ0) is 23.1. The van der Waals surface area contributed by atoms with Crippen LogP contribution < -0.4 is 19.5 Å². The normalized spacial score (nSPS) is 10.7. The number of amides is 1. The van der Waals surface area contributed by atoms with Crippen LogP contribution in [0.1, 0.15) is 18.3 Å². The number of anilines is 1. The van der Waals surface area contributed by atoms with Crippen LogP contribution in [0.5, 0.6) is 17.2 Å². The van der Waals surface area contributed by atoms with Crippen LogP contribution in [0, 0.1) is 6.92 Å². The molecule has 1 aromatic heterocycles. The molecule has 1 amide bonds. The molecule has 8 nitrogen and oxygen atoms in total. The summed E-state index contributed by atoms with van der Waals surface area (Å²) in [7, 11) is 3.01. The number of ether oxygens (including phenoxy) is 3.